The van der Waals surface area contributed by atoms with Gasteiger partial charge in [0, 0.05) is 18.2 Å². The molecule has 146 valence electrons. The summed E-state index contributed by atoms with van der Waals surface area (Å²) < 4.78 is 27.2. The molecular formula is C19H22BrNO6. The first kappa shape index (κ1) is 20.7. The zero-order valence-corrected chi connectivity index (χ0v) is 17.4. The van der Waals surface area contributed by atoms with Crippen molar-refractivity contribution in [2.75, 3.05) is 35.5 Å². The molecular weight excluding hydrogens is 418 g/mol. The van der Waals surface area contributed by atoms with Crippen LogP contribution in [-0.2, 0) is 6.54 Å². The van der Waals surface area contributed by atoms with Crippen molar-refractivity contribution >= 4 is 21.8 Å². The number of nitrogens with one attached hydrogen (secondary N) is 1. The van der Waals surface area contributed by atoms with E-state index in [0.29, 0.717) is 38.8 Å². The van der Waals surface area contributed by atoms with E-state index in [9.17, 15) is 4.79 Å². The van der Waals surface area contributed by atoms with E-state index in [4.69, 9.17) is 23.7 Å². The zero-order valence-electron chi connectivity index (χ0n) is 15.8. The van der Waals surface area contributed by atoms with Crippen LogP contribution in [0, 0.1) is 0 Å². The molecule has 0 aliphatic carbocycles. The first-order valence-corrected chi connectivity index (χ1v) is 8.76. The molecule has 0 aliphatic heterocycles. The maximum atomic E-state index is 12.7. The summed E-state index contributed by atoms with van der Waals surface area (Å²) in [5, 5.41) is 2.86. The summed E-state index contributed by atoms with van der Waals surface area (Å²) in [5.74, 6) is 2.31. The Bertz CT molecular complexity index is 824. The van der Waals surface area contributed by atoms with E-state index in [-0.39, 0.29) is 12.5 Å². The van der Waals surface area contributed by atoms with Gasteiger partial charge in [0.2, 0.25) is 0 Å². The number of hydrogen-bond donors (Lipinski definition) is 1. The lowest BCUT2D eigenvalue weighted by Gasteiger charge is -2.16. The summed E-state index contributed by atoms with van der Waals surface area (Å²) in [6, 6.07) is 6.82. The lowest BCUT2D eigenvalue weighted by atomic mass is 10.1. The molecule has 0 heterocycles. The third-order valence-electron chi connectivity index (χ3n) is 3.93. The average molecular weight is 440 g/mol. The highest BCUT2D eigenvalue weighted by molar-refractivity contribution is 9.10. The van der Waals surface area contributed by atoms with E-state index >= 15 is 0 Å². The van der Waals surface area contributed by atoms with Gasteiger partial charge in [0.1, 0.15) is 17.2 Å². The average Bonchev–Trinajstić information content (AvgIpc) is 2.70. The predicted octanol–water partition coefficient (Wildman–Crippen LogP) is 3.42. The van der Waals surface area contributed by atoms with Crippen molar-refractivity contribution in [1.29, 1.82) is 0 Å². The Morgan fingerprint density at radius 2 is 1.48 bits per heavy atom. The van der Waals surface area contributed by atoms with Crippen LogP contribution in [0.3, 0.4) is 0 Å². The van der Waals surface area contributed by atoms with Gasteiger partial charge in [-0.2, -0.15) is 0 Å². The molecule has 1 amide bonds. The number of hydrogen-bond acceptors (Lipinski definition) is 6. The quantitative estimate of drug-likeness (QED) is 0.678. The highest BCUT2D eigenvalue weighted by Gasteiger charge is 2.18. The lowest BCUT2D eigenvalue weighted by Crippen LogP contribution is -2.24. The molecule has 0 radical (unpaired) electrons. The molecule has 0 bridgehead atoms. The van der Waals surface area contributed by atoms with E-state index in [1.807, 2.05) is 0 Å². The monoisotopic (exact) mass is 439 g/mol. The van der Waals surface area contributed by atoms with Crippen molar-refractivity contribution in [2.45, 2.75) is 6.54 Å². The highest BCUT2D eigenvalue weighted by atomic mass is 79.9. The van der Waals surface area contributed by atoms with E-state index in [1.54, 1.807) is 45.6 Å². The van der Waals surface area contributed by atoms with Crippen molar-refractivity contribution in [3.63, 3.8) is 0 Å². The second kappa shape index (κ2) is 9.36. The number of halogens is 1. The van der Waals surface area contributed by atoms with E-state index in [1.165, 1.54) is 14.2 Å². The summed E-state index contributed by atoms with van der Waals surface area (Å²) in [6.07, 6.45) is 0. The normalized spacial score (nSPS) is 10.1. The number of amides is 1. The largest absolute Gasteiger partial charge is 0.497 e. The Balaban J connectivity index is 2.29. The second-order valence-corrected chi connectivity index (χ2v) is 6.25. The van der Waals surface area contributed by atoms with Gasteiger partial charge in [0.05, 0.1) is 45.6 Å². The molecule has 8 heteroatoms. The summed E-state index contributed by atoms with van der Waals surface area (Å²) in [7, 11) is 7.68. The van der Waals surface area contributed by atoms with Gasteiger partial charge in [0.25, 0.3) is 5.91 Å². The van der Waals surface area contributed by atoms with Crippen LogP contribution in [0.15, 0.2) is 28.7 Å². The van der Waals surface area contributed by atoms with Crippen molar-refractivity contribution in [1.82, 2.24) is 5.32 Å². The van der Waals surface area contributed by atoms with Crippen LogP contribution in [0.2, 0.25) is 0 Å². The lowest BCUT2D eigenvalue weighted by molar-refractivity contribution is 0.0947. The molecule has 0 saturated heterocycles. The van der Waals surface area contributed by atoms with E-state index in [2.05, 4.69) is 21.2 Å². The smallest absolute Gasteiger partial charge is 0.255 e. The Morgan fingerprint density at radius 1 is 0.852 bits per heavy atom. The van der Waals surface area contributed by atoms with Crippen molar-refractivity contribution in [3.8, 4) is 28.7 Å². The summed E-state index contributed by atoms with van der Waals surface area (Å²) in [4.78, 5) is 12.7. The van der Waals surface area contributed by atoms with Crippen molar-refractivity contribution in [2.24, 2.45) is 0 Å². The van der Waals surface area contributed by atoms with Crippen LogP contribution >= 0.6 is 15.9 Å². The number of benzene rings is 2. The minimum absolute atomic E-state index is 0.223. The first-order chi connectivity index (χ1) is 13.0. The Labute approximate surface area is 166 Å². The highest BCUT2D eigenvalue weighted by Crippen LogP contribution is 2.35. The molecule has 1 N–H and O–H groups in total. The fraction of sp³-hybridized carbons (Fsp3) is 0.316. The molecule has 0 saturated carbocycles. The zero-order chi connectivity index (χ0) is 20.0. The Morgan fingerprint density at radius 3 is 2.04 bits per heavy atom. The predicted molar refractivity (Wildman–Crippen MR) is 105 cm³/mol. The second-order valence-electron chi connectivity index (χ2n) is 5.39. The molecule has 2 rings (SSSR count). The van der Waals surface area contributed by atoms with Gasteiger partial charge in [0.15, 0.2) is 11.5 Å². The molecule has 0 fully saturated rings. The summed E-state index contributed by atoms with van der Waals surface area (Å²) in [5.41, 5.74) is 1.09. The summed E-state index contributed by atoms with van der Waals surface area (Å²) in [6.45, 7) is 0.223. The number of rotatable bonds is 8. The molecule has 0 aliphatic rings. The molecule has 2 aromatic carbocycles. The SMILES string of the molecule is COc1cc(Br)c(OC)c(C(=O)NCc2cc(OC)c(OC)cc2OC)c1. The van der Waals surface area contributed by atoms with Crippen LogP contribution < -0.4 is 29.0 Å². The van der Waals surface area contributed by atoms with Gasteiger partial charge < -0.3 is 29.0 Å². The maximum Gasteiger partial charge on any atom is 0.255 e. The molecule has 2 aromatic rings. The Hall–Kier alpha value is -2.61. The van der Waals surface area contributed by atoms with Gasteiger partial charge in [-0.05, 0) is 34.1 Å². The van der Waals surface area contributed by atoms with Gasteiger partial charge in [-0.25, -0.2) is 0 Å². The number of carbonyl (C=O) groups is 1. The standard InChI is InChI=1S/C19H22BrNO6/c1-23-12-7-13(18(27-5)14(20)8-12)19(22)21-10-11-6-16(25-3)17(26-4)9-15(11)24-2/h6-9H,10H2,1-5H3,(H,21,22). The van der Waals surface area contributed by atoms with Gasteiger partial charge in [-0.3, -0.25) is 4.79 Å². The van der Waals surface area contributed by atoms with Crippen LogP contribution in [0.1, 0.15) is 15.9 Å². The third kappa shape index (κ3) is 4.57. The minimum Gasteiger partial charge on any atom is -0.497 e. The molecule has 0 unspecified atom stereocenters. The fourth-order valence-electron chi connectivity index (χ4n) is 2.56. The van der Waals surface area contributed by atoms with Crippen molar-refractivity contribution in [3.05, 3.63) is 39.9 Å². The van der Waals surface area contributed by atoms with Gasteiger partial charge in [-0.1, -0.05) is 0 Å². The molecule has 0 atom stereocenters. The molecule has 0 spiro atoms. The molecule has 27 heavy (non-hydrogen) atoms. The number of methoxy groups -OCH3 is 5. The van der Waals surface area contributed by atoms with E-state index in [0.717, 1.165) is 5.56 Å². The van der Waals surface area contributed by atoms with Crippen LogP contribution in [0.25, 0.3) is 0 Å². The van der Waals surface area contributed by atoms with Crippen LogP contribution in [0.5, 0.6) is 28.7 Å². The molecule has 7 nitrogen and oxygen atoms in total. The third-order valence-corrected chi connectivity index (χ3v) is 4.52. The number of ether oxygens (including phenoxy) is 5. The number of carbonyl (C=O) groups excluding carboxylic acids is 1. The van der Waals surface area contributed by atoms with Gasteiger partial charge in [-0.15, -0.1) is 0 Å². The van der Waals surface area contributed by atoms with Crippen molar-refractivity contribution < 1.29 is 28.5 Å². The molecule has 0 aromatic heterocycles. The van der Waals surface area contributed by atoms with Crippen LogP contribution in [-0.4, -0.2) is 41.5 Å². The topological polar surface area (TPSA) is 75.3 Å². The summed E-state index contributed by atoms with van der Waals surface area (Å²) >= 11 is 3.39. The fourth-order valence-corrected chi connectivity index (χ4v) is 3.16. The first-order valence-electron chi connectivity index (χ1n) is 7.97. The minimum atomic E-state index is -0.316. The maximum absolute atomic E-state index is 12.7. The van der Waals surface area contributed by atoms with E-state index < -0.39 is 0 Å². The Kier molecular flexibility index (Phi) is 7.18. The van der Waals surface area contributed by atoms with Crippen LogP contribution in [0.4, 0.5) is 0 Å². The van der Waals surface area contributed by atoms with Gasteiger partial charge >= 0.3 is 0 Å².